The number of hydrogen-bond donors (Lipinski definition) is 0. The van der Waals surface area contributed by atoms with Gasteiger partial charge in [0.25, 0.3) is 6.08 Å². The average Bonchev–Trinajstić information content (AvgIpc) is 2.51. The van der Waals surface area contributed by atoms with Crippen molar-refractivity contribution in [1.82, 2.24) is 0 Å². The van der Waals surface area contributed by atoms with E-state index in [0.717, 1.165) is 30.5 Å². The standard InChI is InChI=1S/C18H24ClF2NO3/c1-13(2)22-25-9-6-4-5-8-24-18-14(3)11-15(12-16(18)19)23-10-7-17(20)21/h7,11-12H,4-6,8-10H2,1-3H3. The van der Waals surface area contributed by atoms with Crippen LogP contribution in [-0.2, 0) is 4.84 Å². The van der Waals surface area contributed by atoms with E-state index >= 15 is 0 Å². The molecule has 0 aliphatic carbocycles. The molecule has 0 aliphatic heterocycles. The second-order valence-electron chi connectivity index (χ2n) is 5.64. The van der Waals surface area contributed by atoms with Crippen LogP contribution in [0, 0.1) is 6.92 Å². The Labute approximate surface area is 152 Å². The van der Waals surface area contributed by atoms with Gasteiger partial charge >= 0.3 is 0 Å². The maximum Gasteiger partial charge on any atom is 0.269 e. The number of halogens is 3. The highest BCUT2D eigenvalue weighted by Crippen LogP contribution is 2.33. The van der Waals surface area contributed by atoms with Gasteiger partial charge in [-0.2, -0.15) is 8.78 Å². The normalized spacial score (nSPS) is 10.2. The van der Waals surface area contributed by atoms with E-state index in [2.05, 4.69) is 5.16 Å². The predicted molar refractivity (Wildman–Crippen MR) is 96.1 cm³/mol. The van der Waals surface area contributed by atoms with Crippen LogP contribution in [0.2, 0.25) is 5.02 Å². The van der Waals surface area contributed by atoms with Crippen molar-refractivity contribution >= 4 is 17.3 Å². The molecule has 0 radical (unpaired) electrons. The van der Waals surface area contributed by atoms with Gasteiger partial charge in [-0.1, -0.05) is 16.8 Å². The van der Waals surface area contributed by atoms with Crippen molar-refractivity contribution in [3.63, 3.8) is 0 Å². The molecule has 1 aromatic carbocycles. The summed E-state index contributed by atoms with van der Waals surface area (Å²) in [6, 6.07) is 3.27. The molecule has 0 atom stereocenters. The smallest absolute Gasteiger partial charge is 0.269 e. The molecule has 1 aromatic rings. The molecule has 0 fully saturated rings. The molecule has 0 N–H and O–H groups in total. The van der Waals surface area contributed by atoms with E-state index in [9.17, 15) is 8.78 Å². The van der Waals surface area contributed by atoms with Crippen LogP contribution in [0.1, 0.15) is 38.7 Å². The van der Waals surface area contributed by atoms with Crippen LogP contribution >= 0.6 is 11.6 Å². The molecular weight excluding hydrogens is 352 g/mol. The third kappa shape index (κ3) is 9.29. The Bertz CT molecular complexity index is 575. The van der Waals surface area contributed by atoms with Crippen molar-refractivity contribution in [3.05, 3.63) is 34.9 Å². The first kappa shape index (κ1) is 21.2. The van der Waals surface area contributed by atoms with Crippen molar-refractivity contribution in [3.8, 4) is 11.5 Å². The molecule has 0 amide bonds. The molecule has 4 nitrogen and oxygen atoms in total. The summed E-state index contributed by atoms with van der Waals surface area (Å²) in [5, 5.41) is 4.26. The lowest BCUT2D eigenvalue weighted by atomic mass is 10.2. The summed E-state index contributed by atoms with van der Waals surface area (Å²) in [6.07, 6.45) is 1.65. The molecular formula is C18H24ClF2NO3. The Balaban J connectivity index is 2.36. The Kier molecular flexibility index (Phi) is 9.92. The maximum atomic E-state index is 12.0. The first-order valence-corrected chi connectivity index (χ1v) is 8.48. The van der Waals surface area contributed by atoms with Gasteiger partial charge in [0.15, 0.2) is 0 Å². The molecule has 0 bridgehead atoms. The first-order valence-electron chi connectivity index (χ1n) is 8.10. The highest BCUT2D eigenvalue weighted by molar-refractivity contribution is 6.32. The second-order valence-corrected chi connectivity index (χ2v) is 6.04. The minimum Gasteiger partial charge on any atom is -0.492 e. The minimum absolute atomic E-state index is 0.206. The van der Waals surface area contributed by atoms with Crippen molar-refractivity contribution in [2.75, 3.05) is 19.8 Å². The van der Waals surface area contributed by atoms with Gasteiger partial charge in [0.1, 0.15) is 24.7 Å². The molecule has 0 heterocycles. The zero-order chi connectivity index (χ0) is 18.7. The number of nitrogens with zero attached hydrogens (tertiary/aromatic N) is 1. The molecule has 140 valence electrons. The van der Waals surface area contributed by atoms with Crippen LogP contribution in [0.4, 0.5) is 8.78 Å². The quantitative estimate of drug-likeness (QED) is 0.280. The molecule has 0 saturated carbocycles. The Morgan fingerprint density at radius 3 is 2.48 bits per heavy atom. The SMILES string of the molecule is CC(C)=NOCCCCCOc1c(C)cc(OCC=C(F)F)cc1Cl. The summed E-state index contributed by atoms with van der Waals surface area (Å²) in [4.78, 5) is 5.12. The van der Waals surface area contributed by atoms with Crippen LogP contribution in [0.5, 0.6) is 11.5 Å². The minimum atomic E-state index is -1.77. The van der Waals surface area contributed by atoms with Crippen molar-refractivity contribution in [2.24, 2.45) is 5.16 Å². The van der Waals surface area contributed by atoms with Gasteiger partial charge in [-0.15, -0.1) is 0 Å². The lowest BCUT2D eigenvalue weighted by Crippen LogP contribution is -2.01. The monoisotopic (exact) mass is 375 g/mol. The maximum absolute atomic E-state index is 12.0. The average molecular weight is 376 g/mol. The van der Waals surface area contributed by atoms with Crippen LogP contribution in [0.15, 0.2) is 29.4 Å². The van der Waals surface area contributed by atoms with E-state index in [1.165, 1.54) is 0 Å². The largest absolute Gasteiger partial charge is 0.492 e. The lowest BCUT2D eigenvalue weighted by molar-refractivity contribution is 0.138. The fourth-order valence-corrected chi connectivity index (χ4v) is 2.27. The molecule has 0 spiro atoms. The lowest BCUT2D eigenvalue weighted by Gasteiger charge is -2.13. The Morgan fingerprint density at radius 2 is 1.84 bits per heavy atom. The van der Waals surface area contributed by atoms with Gasteiger partial charge in [-0.25, -0.2) is 0 Å². The van der Waals surface area contributed by atoms with Gasteiger partial charge < -0.3 is 14.3 Å². The Morgan fingerprint density at radius 1 is 1.12 bits per heavy atom. The van der Waals surface area contributed by atoms with Gasteiger partial charge in [0.2, 0.25) is 0 Å². The van der Waals surface area contributed by atoms with E-state index in [0.29, 0.717) is 35.8 Å². The van der Waals surface area contributed by atoms with Crippen molar-refractivity contribution in [1.29, 1.82) is 0 Å². The van der Waals surface area contributed by atoms with Crippen LogP contribution in [0.3, 0.4) is 0 Å². The number of unbranched alkanes of at least 4 members (excludes halogenated alkanes) is 2. The summed E-state index contributed by atoms with van der Waals surface area (Å²) in [5.41, 5.74) is 1.69. The molecule has 0 saturated heterocycles. The summed E-state index contributed by atoms with van der Waals surface area (Å²) in [5.74, 6) is 1.01. The molecule has 25 heavy (non-hydrogen) atoms. The fraction of sp³-hybridized carbons (Fsp3) is 0.500. The number of rotatable bonds is 11. The van der Waals surface area contributed by atoms with Gasteiger partial charge in [0.05, 0.1) is 17.3 Å². The van der Waals surface area contributed by atoms with Gasteiger partial charge in [0, 0.05) is 12.1 Å². The van der Waals surface area contributed by atoms with Crippen molar-refractivity contribution < 1.29 is 23.1 Å². The summed E-state index contributed by atoms with van der Waals surface area (Å²) in [7, 11) is 0. The molecule has 0 unspecified atom stereocenters. The Hall–Kier alpha value is -1.82. The number of ether oxygens (including phenoxy) is 2. The van der Waals surface area contributed by atoms with E-state index in [4.69, 9.17) is 25.9 Å². The first-order chi connectivity index (χ1) is 11.9. The number of hydrogen-bond acceptors (Lipinski definition) is 4. The zero-order valence-corrected chi connectivity index (χ0v) is 15.5. The van der Waals surface area contributed by atoms with E-state index in [-0.39, 0.29) is 6.61 Å². The third-order valence-corrected chi connectivity index (χ3v) is 3.34. The van der Waals surface area contributed by atoms with Crippen LogP contribution < -0.4 is 9.47 Å². The fourth-order valence-electron chi connectivity index (χ4n) is 1.96. The predicted octanol–water partition coefficient (Wildman–Crippen LogP) is 5.77. The summed E-state index contributed by atoms with van der Waals surface area (Å²) in [6.45, 7) is 6.51. The molecule has 1 rings (SSSR count). The molecule has 0 aliphatic rings. The zero-order valence-electron chi connectivity index (χ0n) is 14.8. The number of benzene rings is 1. The highest BCUT2D eigenvalue weighted by atomic mass is 35.5. The summed E-state index contributed by atoms with van der Waals surface area (Å²) < 4.78 is 34.9. The second kappa shape index (κ2) is 11.7. The van der Waals surface area contributed by atoms with E-state index in [1.54, 1.807) is 12.1 Å². The van der Waals surface area contributed by atoms with E-state index in [1.807, 2.05) is 20.8 Å². The number of oxime groups is 1. The number of aryl methyl sites for hydroxylation is 1. The van der Waals surface area contributed by atoms with Crippen LogP contribution in [0.25, 0.3) is 0 Å². The van der Waals surface area contributed by atoms with Crippen molar-refractivity contribution in [2.45, 2.75) is 40.0 Å². The van der Waals surface area contributed by atoms with E-state index < -0.39 is 6.08 Å². The molecule has 0 aromatic heterocycles. The topological polar surface area (TPSA) is 40.0 Å². The summed E-state index contributed by atoms with van der Waals surface area (Å²) >= 11 is 6.18. The van der Waals surface area contributed by atoms with Gasteiger partial charge in [-0.05, 0) is 51.7 Å². The molecule has 7 heteroatoms. The highest BCUT2D eigenvalue weighted by Gasteiger charge is 2.09. The van der Waals surface area contributed by atoms with Gasteiger partial charge in [-0.3, -0.25) is 0 Å². The third-order valence-electron chi connectivity index (χ3n) is 3.06. The van der Waals surface area contributed by atoms with Crippen LogP contribution in [-0.4, -0.2) is 25.5 Å².